The minimum Gasteiger partial charge on any atom is -0.488 e. The number of nitrogens with zero attached hydrogens (tertiary/aromatic N) is 1. The van der Waals surface area contributed by atoms with Crippen molar-refractivity contribution in [3.8, 4) is 28.4 Å². The first-order chi connectivity index (χ1) is 43.9. The summed E-state index contributed by atoms with van der Waals surface area (Å²) in [5.41, 5.74) is 11.0. The Kier molecular flexibility index (Phi) is 23.3. The Morgan fingerprint density at radius 1 is 0.717 bits per heavy atom. The average molecular weight is 1270 g/mol. The summed E-state index contributed by atoms with van der Waals surface area (Å²) in [6, 6.07) is 40.1. The van der Waals surface area contributed by atoms with Crippen molar-refractivity contribution in [2.24, 2.45) is 16.6 Å². The first kappa shape index (κ1) is 68.7. The van der Waals surface area contributed by atoms with Crippen LogP contribution in [0.2, 0.25) is 0 Å². The molecule has 3 amide bonds. The number of carbonyl (C=O) groups excluding carboxylic acids is 5. The zero-order valence-corrected chi connectivity index (χ0v) is 54.8. The zero-order chi connectivity index (χ0) is 66.2. The molecule has 0 aliphatic carbocycles. The maximum Gasteiger partial charge on any atom is 0.407 e. The third-order valence-electron chi connectivity index (χ3n) is 16.2. The van der Waals surface area contributed by atoms with Crippen LogP contribution in [0, 0.1) is 26.7 Å². The molecule has 486 valence electrons. The molecule has 7 aromatic rings. The number of nitrogens with two attached hydrogens (primary N) is 1. The van der Waals surface area contributed by atoms with Gasteiger partial charge in [0.15, 0.2) is 12.4 Å². The molecule has 0 fully saturated rings. The van der Waals surface area contributed by atoms with Crippen LogP contribution in [0.3, 0.4) is 0 Å². The quantitative estimate of drug-likeness (QED) is 0.00963. The van der Waals surface area contributed by atoms with E-state index in [4.69, 9.17) is 29.4 Å². The van der Waals surface area contributed by atoms with Gasteiger partial charge in [-0.1, -0.05) is 127 Å². The summed E-state index contributed by atoms with van der Waals surface area (Å²) in [4.78, 5) is 74.7. The number of aliphatic imine (C=N–C) groups is 1. The summed E-state index contributed by atoms with van der Waals surface area (Å²) in [5, 5.41) is 12.1. The highest BCUT2D eigenvalue weighted by molar-refractivity contribution is 7.90. The normalized spacial score (nSPS) is 13.9. The average Bonchev–Trinajstić information content (AvgIpc) is 0.767. The van der Waals surface area contributed by atoms with Crippen molar-refractivity contribution in [2.75, 3.05) is 19.7 Å². The molecule has 0 saturated heterocycles. The number of nitrogens with one attached hydrogen (secondary N) is 4. The molecular formula is C73H86N6O12S. The van der Waals surface area contributed by atoms with Crippen LogP contribution in [-0.2, 0) is 58.3 Å². The summed E-state index contributed by atoms with van der Waals surface area (Å²) in [6.45, 7) is 18.3. The van der Waals surface area contributed by atoms with Gasteiger partial charge in [-0.2, -0.15) is 0 Å². The van der Waals surface area contributed by atoms with E-state index in [1.165, 1.54) is 6.08 Å². The van der Waals surface area contributed by atoms with Gasteiger partial charge in [0.2, 0.25) is 11.9 Å². The number of fused-ring (bicyclic) bond motifs is 3. The number of Topliss-reactive ketones (excluding diaryl/α,β-unsaturated/α-hetero) is 1. The lowest BCUT2D eigenvalue weighted by Gasteiger charge is -2.35. The fraction of sp³-hybridized carbons (Fsp3) is 0.370. The number of benzene rings is 7. The van der Waals surface area contributed by atoms with E-state index in [0.29, 0.717) is 71.8 Å². The monoisotopic (exact) mass is 1270 g/mol. The molecule has 92 heavy (non-hydrogen) atoms. The van der Waals surface area contributed by atoms with Gasteiger partial charge in [0.05, 0.1) is 10.9 Å². The molecule has 1 heterocycles. The summed E-state index contributed by atoms with van der Waals surface area (Å²) in [7, 11) is -4.24. The number of ether oxygens (including phenoxy) is 5. The summed E-state index contributed by atoms with van der Waals surface area (Å²) >= 11 is 0. The second kappa shape index (κ2) is 31.2. The van der Waals surface area contributed by atoms with Crippen LogP contribution < -0.4 is 40.6 Å². The van der Waals surface area contributed by atoms with Crippen LogP contribution in [0.5, 0.6) is 17.2 Å². The largest absolute Gasteiger partial charge is 0.488 e. The third kappa shape index (κ3) is 18.5. The van der Waals surface area contributed by atoms with E-state index in [9.17, 15) is 32.4 Å². The molecule has 6 N–H and O–H groups in total. The number of hydrogen-bond acceptors (Lipinski definition) is 13. The highest BCUT2D eigenvalue weighted by Crippen LogP contribution is 2.46. The van der Waals surface area contributed by atoms with Crippen molar-refractivity contribution >= 4 is 67.2 Å². The second-order valence-corrected chi connectivity index (χ2v) is 26.5. The molecular weight excluding hydrogens is 1180 g/mol. The molecule has 0 bridgehead atoms. The van der Waals surface area contributed by atoms with E-state index in [1.807, 2.05) is 142 Å². The summed E-state index contributed by atoms with van der Waals surface area (Å²) < 4.78 is 61.2. The van der Waals surface area contributed by atoms with Crippen LogP contribution in [-0.4, -0.2) is 87.0 Å². The van der Waals surface area contributed by atoms with E-state index in [0.717, 1.165) is 43.8 Å². The lowest BCUT2D eigenvalue weighted by atomic mass is 9.88. The molecule has 0 spiro atoms. The number of alkyl carbamates (subject to hydrolysis) is 1. The Bertz CT molecular complexity index is 3940. The fourth-order valence-corrected chi connectivity index (χ4v) is 12.9. The molecule has 8 rings (SSSR count). The van der Waals surface area contributed by atoms with Crippen LogP contribution in [0.15, 0.2) is 156 Å². The van der Waals surface area contributed by atoms with Gasteiger partial charge in [0.1, 0.15) is 47.7 Å². The third-order valence-corrected chi connectivity index (χ3v) is 17.8. The van der Waals surface area contributed by atoms with E-state index in [2.05, 4.69) is 32.2 Å². The second-order valence-electron chi connectivity index (χ2n) is 24.9. The SMILES string of the molecule is C=CC[C@H](NC(=O)[C@@H](CCCN=C(N)NS(=O)(=O)c1c(C)c(C)c2c(c1C)CCC(C)(C)O2)CC(=O)[C@@H](CCCCNC(=O)OC(C)(C)C)NC(=O)COc1ccc2ccccc2c1-c1c(OCc2ccccc2)ccc2ccccc12)C(=O)OCc1ccccc1. The van der Waals surface area contributed by atoms with Crippen LogP contribution in [0.4, 0.5) is 4.79 Å². The molecule has 0 unspecified atom stereocenters. The van der Waals surface area contributed by atoms with Crippen LogP contribution >= 0.6 is 0 Å². The number of carbonyl (C=O) groups is 5. The van der Waals surface area contributed by atoms with Crippen molar-refractivity contribution in [2.45, 2.75) is 155 Å². The van der Waals surface area contributed by atoms with Gasteiger partial charge in [-0.05, 0) is 174 Å². The number of sulfonamides is 1. The zero-order valence-electron chi connectivity index (χ0n) is 53.9. The van der Waals surface area contributed by atoms with Crippen molar-refractivity contribution in [1.82, 2.24) is 20.7 Å². The summed E-state index contributed by atoms with van der Waals surface area (Å²) in [6.07, 6.45) is 2.80. The Labute approximate surface area is 540 Å². The van der Waals surface area contributed by atoms with Gasteiger partial charge >= 0.3 is 12.1 Å². The van der Waals surface area contributed by atoms with E-state index in [1.54, 1.807) is 46.8 Å². The van der Waals surface area contributed by atoms with Gasteiger partial charge in [0.25, 0.3) is 15.9 Å². The maximum absolute atomic E-state index is 15.0. The topological polar surface area (TPSA) is 252 Å². The minimum absolute atomic E-state index is 0.00611. The number of rotatable bonds is 29. The Hall–Kier alpha value is -9.23. The number of hydrogen-bond donors (Lipinski definition) is 5. The van der Waals surface area contributed by atoms with Gasteiger partial charge in [0, 0.05) is 36.6 Å². The first-order valence-electron chi connectivity index (χ1n) is 31.3. The number of unbranched alkanes of at least 4 members (excludes halogenated alkanes) is 1. The fourth-order valence-electron chi connectivity index (χ4n) is 11.4. The Balaban J connectivity index is 1.04. The number of amides is 3. The standard InChI is InChI=1S/C73H86N6O12S/c1-10-24-59(69(83)89-45-51-27-15-12-16-28-51)78-68(82)54(31-23-42-75-70(74)79-92(85,86)67-48(3)47(2)66-55(49(67)4)39-40-73(8,9)90-66)43-60(80)58(34-21-22-41-76-71(84)91-72(5,6)7)77-63(81)46-88-62-38-36-53-30-18-20-33-57(53)65(62)64-56-32-19-17-29-52(56)35-37-61(64)87-44-50-25-13-11-14-26-50/h10-20,25-30,32-33,35-38,54,58-59H,1,21-24,31,34,39-46H2,2-9H3,(H,76,84)(H,77,81)(H,78,82)(H3,74,75,79)/t54-,58+,59-/m0/s1. The highest BCUT2D eigenvalue weighted by atomic mass is 32.2. The summed E-state index contributed by atoms with van der Waals surface area (Å²) in [5.74, 6) is -2.30. The predicted octanol–water partition coefficient (Wildman–Crippen LogP) is 12.3. The molecule has 1 aliphatic rings. The first-order valence-corrected chi connectivity index (χ1v) is 32.8. The van der Waals surface area contributed by atoms with Crippen LogP contribution in [0.1, 0.15) is 119 Å². The van der Waals surface area contributed by atoms with E-state index < -0.39 is 81.9 Å². The molecule has 7 aromatic carbocycles. The van der Waals surface area contributed by atoms with Crippen molar-refractivity contribution < 1.29 is 56.1 Å². The Morgan fingerprint density at radius 3 is 1.93 bits per heavy atom. The van der Waals surface area contributed by atoms with Crippen molar-refractivity contribution in [3.05, 3.63) is 179 Å². The maximum atomic E-state index is 15.0. The lowest BCUT2D eigenvalue weighted by Crippen LogP contribution is -2.47. The van der Waals surface area contributed by atoms with Crippen molar-refractivity contribution in [1.29, 1.82) is 0 Å². The van der Waals surface area contributed by atoms with E-state index >= 15 is 0 Å². The lowest BCUT2D eigenvalue weighted by molar-refractivity contribution is -0.149. The van der Waals surface area contributed by atoms with Crippen LogP contribution in [0.25, 0.3) is 32.7 Å². The van der Waals surface area contributed by atoms with Crippen molar-refractivity contribution in [3.63, 3.8) is 0 Å². The molecule has 18 nitrogen and oxygen atoms in total. The number of ketones is 1. The number of esters is 1. The van der Waals surface area contributed by atoms with Gasteiger partial charge in [-0.3, -0.25) is 19.4 Å². The van der Waals surface area contributed by atoms with Gasteiger partial charge < -0.3 is 45.4 Å². The van der Waals surface area contributed by atoms with E-state index in [-0.39, 0.29) is 56.2 Å². The minimum atomic E-state index is -4.24. The van der Waals surface area contributed by atoms with Gasteiger partial charge in [-0.15, -0.1) is 6.58 Å². The molecule has 19 heteroatoms. The smallest absolute Gasteiger partial charge is 0.407 e. The molecule has 1 aliphatic heterocycles. The molecule has 3 atom stereocenters. The predicted molar refractivity (Wildman–Crippen MR) is 359 cm³/mol. The Morgan fingerprint density at radius 2 is 1.32 bits per heavy atom. The number of guanidine groups is 1. The molecule has 0 radical (unpaired) electrons. The molecule has 0 saturated carbocycles. The van der Waals surface area contributed by atoms with Gasteiger partial charge in [-0.25, -0.2) is 22.7 Å². The highest BCUT2D eigenvalue weighted by Gasteiger charge is 2.35. The molecule has 0 aromatic heterocycles.